The van der Waals surface area contributed by atoms with Gasteiger partial charge in [-0.25, -0.2) is 9.48 Å². The van der Waals surface area contributed by atoms with E-state index in [0.29, 0.717) is 33.8 Å². The van der Waals surface area contributed by atoms with Crippen molar-refractivity contribution in [1.29, 1.82) is 0 Å². The minimum Gasteiger partial charge on any atom is -0.477 e. The second kappa shape index (κ2) is 11.8. The lowest BCUT2D eigenvalue weighted by Gasteiger charge is -2.49. The Morgan fingerprint density at radius 3 is 2.64 bits per heavy atom. The normalized spacial score (nSPS) is 19.3. The number of aliphatic carboxylic acids is 1. The van der Waals surface area contributed by atoms with E-state index in [4.69, 9.17) is 11.6 Å². The number of benzene rings is 2. The molecule has 11 nitrogen and oxygen atoms in total. The largest absolute Gasteiger partial charge is 0.477 e. The van der Waals surface area contributed by atoms with Crippen molar-refractivity contribution in [3.05, 3.63) is 82.0 Å². The molecule has 1 unspecified atom stereocenters. The lowest BCUT2D eigenvalue weighted by molar-refractivity contribution is -0.151. The summed E-state index contributed by atoms with van der Waals surface area (Å²) in [6, 6.07) is 14.9. The fourth-order valence-electron chi connectivity index (χ4n) is 4.39. The van der Waals surface area contributed by atoms with Crippen LogP contribution in [0.5, 0.6) is 0 Å². The summed E-state index contributed by atoms with van der Waals surface area (Å²) in [7, 11) is 1.69. The van der Waals surface area contributed by atoms with E-state index in [1.54, 1.807) is 13.1 Å². The Bertz CT molecular complexity index is 1430. The van der Waals surface area contributed by atoms with Gasteiger partial charge >= 0.3 is 5.97 Å². The topological polar surface area (TPSA) is 142 Å². The number of amides is 2. The number of hydrogen-bond donors (Lipinski definition) is 3. The van der Waals surface area contributed by atoms with Crippen LogP contribution in [0.25, 0.3) is 0 Å². The van der Waals surface area contributed by atoms with E-state index in [0.717, 1.165) is 11.1 Å². The molecule has 2 aromatic carbocycles. The number of β-lactam (4-membered cyclic amide) rings is 1. The molecule has 202 valence electrons. The Morgan fingerprint density at radius 2 is 1.95 bits per heavy atom. The highest BCUT2D eigenvalue weighted by atomic mass is 35.5. The van der Waals surface area contributed by atoms with Gasteiger partial charge in [-0.3, -0.25) is 19.8 Å². The summed E-state index contributed by atoms with van der Waals surface area (Å²) in [5, 5.41) is 27.9. The van der Waals surface area contributed by atoms with Crippen LogP contribution in [0.2, 0.25) is 5.02 Å². The van der Waals surface area contributed by atoms with Gasteiger partial charge < -0.3 is 10.4 Å². The van der Waals surface area contributed by atoms with Crippen LogP contribution in [0.15, 0.2) is 71.0 Å². The van der Waals surface area contributed by atoms with Crippen LogP contribution < -0.4 is 10.6 Å². The van der Waals surface area contributed by atoms with Gasteiger partial charge in [0.05, 0.1) is 0 Å². The van der Waals surface area contributed by atoms with Gasteiger partial charge in [0.1, 0.15) is 23.2 Å². The molecule has 0 spiro atoms. The lowest BCUT2D eigenvalue weighted by Crippen LogP contribution is -2.71. The SMILES string of the molecule is Cn1nnnc1SCC1=C(C(=O)O)N2C(=O)C(NC(=O)[C@@H](NCc3ccccc3Cl)c3ccccc3)[C@@H]2SC1. The summed E-state index contributed by atoms with van der Waals surface area (Å²) in [5.74, 6) is -1.32. The van der Waals surface area contributed by atoms with Crippen LogP contribution in [0, 0.1) is 0 Å². The van der Waals surface area contributed by atoms with E-state index in [-0.39, 0.29) is 11.6 Å². The first kappa shape index (κ1) is 27.2. The Morgan fingerprint density at radius 1 is 1.21 bits per heavy atom. The zero-order chi connectivity index (χ0) is 27.5. The van der Waals surface area contributed by atoms with Crippen LogP contribution >= 0.6 is 35.1 Å². The third-order valence-corrected chi connectivity index (χ3v) is 9.16. The summed E-state index contributed by atoms with van der Waals surface area (Å²) in [6.07, 6.45) is 0. The van der Waals surface area contributed by atoms with Gasteiger partial charge in [0.25, 0.3) is 5.91 Å². The molecule has 2 aliphatic rings. The van der Waals surface area contributed by atoms with Gasteiger partial charge in [-0.05, 0) is 33.2 Å². The molecular formula is C25H24ClN7O4S2. The van der Waals surface area contributed by atoms with Crippen LogP contribution in [0.4, 0.5) is 0 Å². The molecular weight excluding hydrogens is 562 g/mol. The summed E-state index contributed by atoms with van der Waals surface area (Å²) in [4.78, 5) is 40.1. The van der Waals surface area contributed by atoms with Crippen LogP contribution in [0.1, 0.15) is 17.2 Å². The second-order valence-electron chi connectivity index (χ2n) is 8.84. The highest BCUT2D eigenvalue weighted by molar-refractivity contribution is 8.01. The van der Waals surface area contributed by atoms with E-state index >= 15 is 0 Å². The Kier molecular flexibility index (Phi) is 8.21. The van der Waals surface area contributed by atoms with Crippen molar-refractivity contribution in [3.63, 3.8) is 0 Å². The zero-order valence-corrected chi connectivity index (χ0v) is 23.0. The number of tetrazole rings is 1. The average Bonchev–Trinajstić information content (AvgIpc) is 3.35. The number of carbonyl (C=O) groups is 3. The highest BCUT2D eigenvalue weighted by Gasteiger charge is 2.54. The molecule has 0 bridgehead atoms. The van der Waals surface area contributed by atoms with Crippen LogP contribution in [0.3, 0.4) is 0 Å². The monoisotopic (exact) mass is 585 g/mol. The number of fused-ring (bicyclic) bond motifs is 1. The number of nitrogens with zero attached hydrogens (tertiary/aromatic N) is 5. The predicted octanol–water partition coefficient (Wildman–Crippen LogP) is 2.23. The molecule has 14 heteroatoms. The van der Waals surface area contributed by atoms with Gasteiger partial charge in [0.2, 0.25) is 11.1 Å². The first-order valence-electron chi connectivity index (χ1n) is 11.9. The maximum absolute atomic E-state index is 13.5. The molecule has 2 amide bonds. The number of aryl methyl sites for hydroxylation is 1. The number of thioether (sulfide) groups is 2. The Labute approximate surface area is 237 Å². The van der Waals surface area contributed by atoms with Crippen molar-refractivity contribution in [2.24, 2.45) is 7.05 Å². The van der Waals surface area contributed by atoms with E-state index < -0.39 is 29.3 Å². The number of aromatic nitrogens is 4. The predicted molar refractivity (Wildman–Crippen MR) is 147 cm³/mol. The second-order valence-corrected chi connectivity index (χ2v) is 11.3. The first-order valence-corrected chi connectivity index (χ1v) is 14.3. The molecule has 5 rings (SSSR count). The van der Waals surface area contributed by atoms with Crippen molar-refractivity contribution in [2.75, 3.05) is 11.5 Å². The number of hydrogen-bond acceptors (Lipinski definition) is 9. The van der Waals surface area contributed by atoms with Crippen LogP contribution in [-0.2, 0) is 28.0 Å². The van der Waals surface area contributed by atoms with Gasteiger partial charge in [0, 0.05) is 30.1 Å². The minimum absolute atomic E-state index is 0.0478. The van der Waals surface area contributed by atoms with Crippen molar-refractivity contribution in [3.8, 4) is 0 Å². The number of carboxylic acid groups (broad SMARTS) is 1. The molecule has 3 aromatic rings. The number of nitrogens with one attached hydrogen (secondary N) is 2. The summed E-state index contributed by atoms with van der Waals surface area (Å²) in [5.41, 5.74) is 2.11. The van der Waals surface area contributed by atoms with Crippen molar-refractivity contribution in [1.82, 2.24) is 35.7 Å². The van der Waals surface area contributed by atoms with Gasteiger partial charge in [-0.1, -0.05) is 71.9 Å². The molecule has 2 aliphatic heterocycles. The molecule has 3 atom stereocenters. The van der Waals surface area contributed by atoms with E-state index in [2.05, 4.69) is 26.2 Å². The van der Waals surface area contributed by atoms with Crippen molar-refractivity contribution >= 4 is 52.9 Å². The number of halogens is 1. The third kappa shape index (κ3) is 5.66. The average molecular weight is 586 g/mol. The lowest BCUT2D eigenvalue weighted by atomic mass is 10.0. The molecule has 0 radical (unpaired) electrons. The van der Waals surface area contributed by atoms with Crippen molar-refractivity contribution < 1.29 is 19.5 Å². The third-order valence-electron chi connectivity index (χ3n) is 6.35. The quantitative estimate of drug-likeness (QED) is 0.239. The Hall–Kier alpha value is -3.39. The molecule has 3 N–H and O–H groups in total. The molecule has 1 saturated heterocycles. The molecule has 0 saturated carbocycles. The van der Waals surface area contributed by atoms with E-state index in [9.17, 15) is 19.5 Å². The van der Waals surface area contributed by atoms with Gasteiger partial charge in [-0.15, -0.1) is 16.9 Å². The van der Waals surface area contributed by atoms with Gasteiger partial charge in [0.15, 0.2) is 0 Å². The van der Waals surface area contributed by atoms with Crippen molar-refractivity contribution in [2.45, 2.75) is 29.2 Å². The fraction of sp³-hybridized carbons (Fsp3) is 0.280. The summed E-state index contributed by atoms with van der Waals surface area (Å²) >= 11 is 9.01. The summed E-state index contributed by atoms with van der Waals surface area (Å²) in [6.45, 7) is 0.337. The first-order chi connectivity index (χ1) is 18.8. The van der Waals surface area contributed by atoms with Gasteiger partial charge in [-0.2, -0.15) is 0 Å². The molecule has 0 aliphatic carbocycles. The fourth-order valence-corrected chi connectivity index (χ4v) is 6.92. The molecule has 39 heavy (non-hydrogen) atoms. The van der Waals surface area contributed by atoms with E-state index in [1.807, 2.05) is 48.5 Å². The number of carboxylic acids is 1. The maximum atomic E-state index is 13.5. The van der Waals surface area contributed by atoms with E-state index in [1.165, 1.54) is 33.1 Å². The maximum Gasteiger partial charge on any atom is 0.352 e. The summed E-state index contributed by atoms with van der Waals surface area (Å²) < 4.78 is 1.49. The minimum atomic E-state index is -1.19. The molecule has 3 heterocycles. The highest BCUT2D eigenvalue weighted by Crippen LogP contribution is 2.41. The zero-order valence-electron chi connectivity index (χ0n) is 20.7. The number of carbonyl (C=O) groups excluding carboxylic acids is 2. The smallest absolute Gasteiger partial charge is 0.352 e. The molecule has 1 fully saturated rings. The van der Waals surface area contributed by atoms with Crippen LogP contribution in [-0.4, -0.2) is 70.9 Å². The standard InChI is InChI=1S/C25H24ClN7O4S2/c1-32-25(29-30-31-32)39-13-16-12-38-23-19(22(35)33(23)20(16)24(36)37)28-21(34)18(14-7-3-2-4-8-14)27-11-15-9-5-6-10-17(15)26/h2-10,18-19,23,27H,11-13H2,1H3,(H,28,34)(H,36,37)/t18-,19?,23-/m0/s1. The number of rotatable bonds is 10. The Balaban J connectivity index is 1.30. The molecule has 1 aromatic heterocycles.